The summed E-state index contributed by atoms with van der Waals surface area (Å²) in [4.78, 5) is 0. The largest absolute Gasteiger partial charge is 0.206 e. The predicted molar refractivity (Wildman–Crippen MR) is 94.4 cm³/mol. The van der Waals surface area contributed by atoms with Gasteiger partial charge in [0.15, 0.2) is 0 Å². The van der Waals surface area contributed by atoms with E-state index >= 15 is 0 Å². The molecule has 0 aliphatic rings. The van der Waals surface area contributed by atoms with Crippen molar-refractivity contribution in [2.24, 2.45) is 0 Å². The fourth-order valence-electron chi connectivity index (χ4n) is 2.33. The number of rotatable bonds is 1. The minimum Gasteiger partial charge on any atom is -0.206 e. The van der Waals surface area contributed by atoms with Gasteiger partial charge in [0, 0.05) is 10.9 Å². The zero-order valence-electron chi connectivity index (χ0n) is 10.7. The van der Waals surface area contributed by atoms with Crippen LogP contribution in [0, 0.1) is 5.82 Å². The molecule has 0 aromatic heterocycles. The molecule has 0 bridgehead atoms. The molecule has 0 amide bonds. The van der Waals surface area contributed by atoms with Crippen molar-refractivity contribution in [1.29, 1.82) is 0 Å². The minimum atomic E-state index is -0.335. The summed E-state index contributed by atoms with van der Waals surface area (Å²) >= 11 is 30.8. The highest BCUT2D eigenvalue weighted by atomic mass is 35.5. The fraction of sp³-hybridized carbons (Fsp3) is 0. The molecule has 0 aliphatic carbocycles. The van der Waals surface area contributed by atoms with E-state index < -0.39 is 0 Å². The highest BCUT2D eigenvalue weighted by Gasteiger charge is 2.21. The van der Waals surface area contributed by atoms with Gasteiger partial charge in [-0.3, -0.25) is 0 Å². The van der Waals surface area contributed by atoms with E-state index in [9.17, 15) is 4.39 Å². The molecule has 0 heterocycles. The van der Waals surface area contributed by atoms with Crippen LogP contribution in [0.2, 0.25) is 25.1 Å². The van der Waals surface area contributed by atoms with Gasteiger partial charge in [-0.15, -0.1) is 0 Å². The summed E-state index contributed by atoms with van der Waals surface area (Å²) in [5.41, 5.74) is 1.06. The molecule has 0 fully saturated rings. The number of fused-ring (bicyclic) bond motifs is 1. The lowest BCUT2D eigenvalue weighted by Gasteiger charge is -2.14. The molecule has 112 valence electrons. The Bertz CT molecular complexity index is 876. The fourth-order valence-corrected chi connectivity index (χ4v) is 3.67. The van der Waals surface area contributed by atoms with Crippen molar-refractivity contribution < 1.29 is 4.39 Å². The van der Waals surface area contributed by atoms with Crippen molar-refractivity contribution in [3.05, 3.63) is 67.3 Å². The van der Waals surface area contributed by atoms with Crippen LogP contribution in [0.4, 0.5) is 4.39 Å². The van der Waals surface area contributed by atoms with Gasteiger partial charge in [-0.05, 0) is 17.0 Å². The molecule has 0 atom stereocenters. The summed E-state index contributed by atoms with van der Waals surface area (Å²) < 4.78 is 14.0. The molecular weight excluding hydrogens is 388 g/mol. The molecule has 22 heavy (non-hydrogen) atoms. The number of halogens is 6. The second-order valence-corrected chi connectivity index (χ2v) is 6.48. The maximum absolute atomic E-state index is 14.0. The van der Waals surface area contributed by atoms with Crippen molar-refractivity contribution >= 4 is 68.8 Å². The standard InChI is InChI=1S/C16H6Cl5F/c17-12-11(13(18)15(20)16(21)14(12)19)9-5-1-4-8-7(9)3-2-6-10(8)22/h1-6H. The van der Waals surface area contributed by atoms with Crippen LogP contribution in [0.1, 0.15) is 0 Å². The SMILES string of the molecule is Fc1cccc2c(-c3c(Cl)c(Cl)c(Cl)c(Cl)c3Cl)cccc12. The van der Waals surface area contributed by atoms with E-state index in [1.807, 2.05) is 0 Å². The lowest BCUT2D eigenvalue weighted by Crippen LogP contribution is -1.89. The molecule has 0 spiro atoms. The van der Waals surface area contributed by atoms with Gasteiger partial charge in [-0.1, -0.05) is 88.3 Å². The van der Waals surface area contributed by atoms with Crippen molar-refractivity contribution in [3.8, 4) is 11.1 Å². The first-order valence-electron chi connectivity index (χ1n) is 6.12. The second-order valence-electron chi connectivity index (χ2n) is 4.59. The van der Waals surface area contributed by atoms with Crippen LogP contribution in [-0.2, 0) is 0 Å². The maximum Gasteiger partial charge on any atom is 0.131 e. The third-order valence-corrected chi connectivity index (χ3v) is 5.62. The molecule has 6 heteroatoms. The average Bonchev–Trinajstić information content (AvgIpc) is 2.52. The third-order valence-electron chi connectivity index (χ3n) is 3.35. The van der Waals surface area contributed by atoms with Crippen LogP contribution >= 0.6 is 58.0 Å². The first-order chi connectivity index (χ1) is 10.4. The average molecular weight is 394 g/mol. The molecule has 3 rings (SSSR count). The monoisotopic (exact) mass is 392 g/mol. The van der Waals surface area contributed by atoms with Crippen molar-refractivity contribution in [3.63, 3.8) is 0 Å². The Hall–Kier alpha value is -0.700. The maximum atomic E-state index is 14.0. The topological polar surface area (TPSA) is 0 Å². The second kappa shape index (κ2) is 6.07. The van der Waals surface area contributed by atoms with Crippen LogP contribution in [0.25, 0.3) is 21.9 Å². The summed E-state index contributed by atoms with van der Waals surface area (Å²) in [6.07, 6.45) is 0. The van der Waals surface area contributed by atoms with Crippen LogP contribution < -0.4 is 0 Å². The van der Waals surface area contributed by atoms with Crippen LogP contribution in [0.5, 0.6) is 0 Å². The molecule has 0 N–H and O–H groups in total. The first kappa shape index (κ1) is 16.2. The number of hydrogen-bond donors (Lipinski definition) is 0. The molecule has 0 nitrogen and oxygen atoms in total. The minimum absolute atomic E-state index is 0.0912. The Morgan fingerprint density at radius 2 is 1.09 bits per heavy atom. The van der Waals surface area contributed by atoms with Crippen molar-refractivity contribution in [2.75, 3.05) is 0 Å². The third kappa shape index (κ3) is 2.46. The van der Waals surface area contributed by atoms with E-state index in [4.69, 9.17) is 58.0 Å². The Morgan fingerprint density at radius 1 is 0.591 bits per heavy atom. The molecule has 3 aromatic rings. The van der Waals surface area contributed by atoms with Gasteiger partial charge in [0.05, 0.1) is 25.1 Å². The van der Waals surface area contributed by atoms with E-state index in [1.165, 1.54) is 6.07 Å². The summed E-state index contributed by atoms with van der Waals surface area (Å²) in [6.45, 7) is 0. The molecule has 0 saturated heterocycles. The molecular formula is C16H6Cl5F. The molecule has 0 radical (unpaired) electrons. The highest BCUT2D eigenvalue weighted by Crippen LogP contribution is 2.49. The van der Waals surface area contributed by atoms with Crippen LogP contribution in [0.3, 0.4) is 0 Å². The zero-order valence-corrected chi connectivity index (χ0v) is 14.5. The van der Waals surface area contributed by atoms with Crippen molar-refractivity contribution in [1.82, 2.24) is 0 Å². The quantitative estimate of drug-likeness (QED) is 0.290. The van der Waals surface area contributed by atoms with Crippen molar-refractivity contribution in [2.45, 2.75) is 0 Å². The summed E-state index contributed by atoms with van der Waals surface area (Å²) in [6, 6.07) is 9.93. The Morgan fingerprint density at radius 3 is 1.73 bits per heavy atom. The smallest absolute Gasteiger partial charge is 0.131 e. The van der Waals surface area contributed by atoms with Gasteiger partial charge in [-0.2, -0.15) is 0 Å². The van der Waals surface area contributed by atoms with E-state index in [0.29, 0.717) is 21.9 Å². The summed E-state index contributed by atoms with van der Waals surface area (Å²) in [7, 11) is 0. The lowest BCUT2D eigenvalue weighted by atomic mass is 9.98. The van der Waals surface area contributed by atoms with E-state index in [-0.39, 0.29) is 30.9 Å². The lowest BCUT2D eigenvalue weighted by molar-refractivity contribution is 0.640. The Kier molecular flexibility index (Phi) is 4.46. The summed E-state index contributed by atoms with van der Waals surface area (Å²) in [5, 5.41) is 1.78. The molecule has 0 aliphatic heterocycles. The normalized spacial score (nSPS) is 11.2. The first-order valence-corrected chi connectivity index (χ1v) is 8.01. The Balaban J connectivity index is 2.46. The van der Waals surface area contributed by atoms with Gasteiger partial charge in [0.25, 0.3) is 0 Å². The van der Waals surface area contributed by atoms with Gasteiger partial charge in [-0.25, -0.2) is 4.39 Å². The van der Waals surface area contributed by atoms with E-state index in [1.54, 1.807) is 30.3 Å². The zero-order chi connectivity index (χ0) is 16.0. The van der Waals surface area contributed by atoms with E-state index in [2.05, 4.69) is 0 Å². The van der Waals surface area contributed by atoms with E-state index in [0.717, 1.165) is 0 Å². The summed E-state index contributed by atoms with van der Waals surface area (Å²) in [5.74, 6) is -0.335. The van der Waals surface area contributed by atoms with Crippen LogP contribution in [-0.4, -0.2) is 0 Å². The molecule has 3 aromatic carbocycles. The highest BCUT2D eigenvalue weighted by molar-refractivity contribution is 6.56. The van der Waals surface area contributed by atoms with Gasteiger partial charge in [0.1, 0.15) is 5.82 Å². The molecule has 0 unspecified atom stereocenters. The predicted octanol–water partition coefficient (Wildman–Crippen LogP) is 7.91. The van der Waals surface area contributed by atoms with Crippen LogP contribution in [0.15, 0.2) is 36.4 Å². The van der Waals surface area contributed by atoms with Gasteiger partial charge >= 0.3 is 0 Å². The number of benzene rings is 3. The van der Waals surface area contributed by atoms with Gasteiger partial charge in [0.2, 0.25) is 0 Å². The van der Waals surface area contributed by atoms with Gasteiger partial charge < -0.3 is 0 Å². The molecule has 0 saturated carbocycles. The number of hydrogen-bond acceptors (Lipinski definition) is 0. The Labute approximate surface area is 151 Å².